The van der Waals surface area contributed by atoms with Gasteiger partial charge in [-0.3, -0.25) is 0 Å². The van der Waals surface area contributed by atoms with Gasteiger partial charge in [-0.15, -0.1) is 0 Å². The van der Waals surface area contributed by atoms with Gasteiger partial charge in [0, 0.05) is 6.04 Å². The molecule has 1 heterocycles. The molecule has 0 amide bonds. The summed E-state index contributed by atoms with van der Waals surface area (Å²) in [5, 5.41) is 7.83. The fourth-order valence-corrected chi connectivity index (χ4v) is 3.12. The molecule has 0 aliphatic heterocycles. The largest absolute Gasteiger partial charge is 0.310 e. The van der Waals surface area contributed by atoms with E-state index in [0.29, 0.717) is 0 Å². The topological polar surface area (TPSA) is 12.0 Å². The molecule has 1 unspecified atom stereocenters. The van der Waals surface area contributed by atoms with Crippen molar-refractivity contribution in [1.82, 2.24) is 5.32 Å². The van der Waals surface area contributed by atoms with Crippen molar-refractivity contribution in [2.45, 2.75) is 39.2 Å². The predicted molar refractivity (Wildman–Crippen MR) is 84.8 cm³/mol. The molecule has 20 heavy (non-hydrogen) atoms. The fraction of sp³-hybridized carbons (Fsp3) is 0.412. The van der Waals surface area contributed by atoms with E-state index in [1.165, 1.54) is 5.56 Å². The minimum absolute atomic E-state index is 0.140. The van der Waals surface area contributed by atoms with E-state index in [-0.39, 0.29) is 11.9 Å². The Morgan fingerprint density at radius 3 is 2.80 bits per heavy atom. The summed E-state index contributed by atoms with van der Waals surface area (Å²) in [4.78, 5) is 0. The van der Waals surface area contributed by atoms with Gasteiger partial charge in [-0.25, -0.2) is 4.39 Å². The smallest absolute Gasteiger partial charge is 0.123 e. The first kappa shape index (κ1) is 15.2. The maximum Gasteiger partial charge on any atom is 0.123 e. The molecule has 1 N–H and O–H groups in total. The first-order valence-corrected chi connectivity index (χ1v) is 8.15. The summed E-state index contributed by atoms with van der Waals surface area (Å²) in [6.45, 7) is 5.06. The highest BCUT2D eigenvalue weighted by Gasteiger charge is 2.12. The quantitative estimate of drug-likeness (QED) is 0.767. The Morgan fingerprint density at radius 1 is 1.30 bits per heavy atom. The van der Waals surface area contributed by atoms with Gasteiger partial charge < -0.3 is 5.32 Å². The summed E-state index contributed by atoms with van der Waals surface area (Å²) >= 11 is 1.73. The highest BCUT2D eigenvalue weighted by atomic mass is 32.1. The molecule has 3 heteroatoms. The lowest BCUT2D eigenvalue weighted by molar-refractivity contribution is 0.495. The van der Waals surface area contributed by atoms with Gasteiger partial charge in [0.25, 0.3) is 0 Å². The first-order valence-electron chi connectivity index (χ1n) is 7.20. The molecule has 0 aliphatic carbocycles. The Balaban J connectivity index is 2.09. The van der Waals surface area contributed by atoms with Crippen molar-refractivity contribution in [2.75, 3.05) is 6.54 Å². The van der Waals surface area contributed by atoms with Crippen molar-refractivity contribution >= 4 is 11.3 Å². The van der Waals surface area contributed by atoms with Crippen LogP contribution in [-0.4, -0.2) is 6.54 Å². The normalized spacial score (nSPS) is 12.6. The number of aryl methyl sites for hydroxylation is 2. The van der Waals surface area contributed by atoms with Gasteiger partial charge in [-0.05, 0) is 78.4 Å². The van der Waals surface area contributed by atoms with Crippen LogP contribution in [0.15, 0.2) is 35.0 Å². The highest BCUT2D eigenvalue weighted by molar-refractivity contribution is 7.07. The SMILES string of the molecule is CCCNC(CCc1ccsc1)c1cc(C)cc(F)c1. The third-order valence-electron chi connectivity index (χ3n) is 3.41. The second kappa shape index (κ2) is 7.55. The summed E-state index contributed by atoms with van der Waals surface area (Å²) in [7, 11) is 0. The number of benzene rings is 1. The minimum Gasteiger partial charge on any atom is -0.310 e. The van der Waals surface area contributed by atoms with Crippen LogP contribution < -0.4 is 5.32 Å². The van der Waals surface area contributed by atoms with Gasteiger partial charge in [-0.1, -0.05) is 13.0 Å². The Kier molecular flexibility index (Phi) is 5.74. The molecule has 0 radical (unpaired) electrons. The third kappa shape index (κ3) is 4.43. The lowest BCUT2D eigenvalue weighted by atomic mass is 9.98. The van der Waals surface area contributed by atoms with E-state index < -0.39 is 0 Å². The number of thiophene rings is 1. The van der Waals surface area contributed by atoms with Crippen LogP contribution in [0.5, 0.6) is 0 Å². The van der Waals surface area contributed by atoms with Gasteiger partial charge >= 0.3 is 0 Å². The molecule has 0 saturated heterocycles. The molecule has 0 saturated carbocycles. The van der Waals surface area contributed by atoms with E-state index in [4.69, 9.17) is 0 Å². The van der Waals surface area contributed by atoms with Crippen LogP contribution in [0.2, 0.25) is 0 Å². The number of rotatable bonds is 7. The third-order valence-corrected chi connectivity index (χ3v) is 4.14. The molecule has 2 rings (SSSR count). The molecule has 0 fully saturated rings. The molecule has 1 atom stereocenters. The van der Waals surface area contributed by atoms with Crippen LogP contribution in [-0.2, 0) is 6.42 Å². The number of nitrogens with one attached hydrogen (secondary N) is 1. The zero-order chi connectivity index (χ0) is 14.4. The van der Waals surface area contributed by atoms with Crippen LogP contribution in [0.25, 0.3) is 0 Å². The van der Waals surface area contributed by atoms with Crippen LogP contribution in [0, 0.1) is 12.7 Å². The summed E-state index contributed by atoms with van der Waals surface area (Å²) in [6.07, 6.45) is 3.11. The molecule has 0 spiro atoms. The van der Waals surface area contributed by atoms with E-state index in [1.807, 2.05) is 6.92 Å². The standard InChI is InChI=1S/C17H22FNS/c1-3-7-19-17(5-4-14-6-8-20-12-14)15-9-13(2)10-16(18)11-15/h6,8-12,17,19H,3-5,7H2,1-2H3. The van der Waals surface area contributed by atoms with Gasteiger partial charge in [0.1, 0.15) is 5.82 Å². The molecule has 0 bridgehead atoms. The zero-order valence-corrected chi connectivity index (χ0v) is 13.0. The molecular weight excluding hydrogens is 269 g/mol. The Labute approximate surface area is 124 Å². The molecule has 108 valence electrons. The summed E-state index contributed by atoms with van der Waals surface area (Å²) in [5.41, 5.74) is 3.41. The maximum atomic E-state index is 13.6. The molecule has 1 nitrogen and oxygen atoms in total. The van der Waals surface area contributed by atoms with Gasteiger partial charge in [0.15, 0.2) is 0 Å². The lowest BCUT2D eigenvalue weighted by Crippen LogP contribution is -2.23. The van der Waals surface area contributed by atoms with E-state index in [9.17, 15) is 4.39 Å². The van der Waals surface area contributed by atoms with Gasteiger partial charge in [-0.2, -0.15) is 11.3 Å². The minimum atomic E-state index is -0.140. The molecule has 2 aromatic rings. The summed E-state index contributed by atoms with van der Waals surface area (Å²) < 4.78 is 13.6. The maximum absolute atomic E-state index is 13.6. The average Bonchev–Trinajstić information content (AvgIpc) is 2.91. The summed E-state index contributed by atoms with van der Waals surface area (Å²) in [5.74, 6) is -0.140. The zero-order valence-electron chi connectivity index (χ0n) is 12.2. The number of halogens is 1. The number of hydrogen-bond acceptors (Lipinski definition) is 2. The fourth-order valence-electron chi connectivity index (χ4n) is 2.42. The predicted octanol–water partition coefficient (Wildman–Crippen LogP) is 4.87. The first-order chi connectivity index (χ1) is 9.69. The molecule has 0 aliphatic rings. The van der Waals surface area contributed by atoms with E-state index in [1.54, 1.807) is 23.5 Å². The lowest BCUT2D eigenvalue weighted by Gasteiger charge is -2.19. The second-order valence-corrected chi connectivity index (χ2v) is 6.02. The van der Waals surface area contributed by atoms with Crippen molar-refractivity contribution in [2.24, 2.45) is 0 Å². The van der Waals surface area contributed by atoms with Crippen molar-refractivity contribution in [3.05, 3.63) is 57.5 Å². The highest BCUT2D eigenvalue weighted by Crippen LogP contribution is 2.22. The van der Waals surface area contributed by atoms with Crippen LogP contribution in [0.4, 0.5) is 4.39 Å². The van der Waals surface area contributed by atoms with E-state index in [2.05, 4.69) is 35.1 Å². The molecule has 1 aromatic carbocycles. The monoisotopic (exact) mass is 291 g/mol. The van der Waals surface area contributed by atoms with Crippen LogP contribution in [0.3, 0.4) is 0 Å². The van der Waals surface area contributed by atoms with Crippen LogP contribution in [0.1, 0.15) is 42.5 Å². The Bertz CT molecular complexity index is 502. The Hall–Kier alpha value is -1.19. The average molecular weight is 291 g/mol. The van der Waals surface area contributed by atoms with Crippen molar-refractivity contribution < 1.29 is 4.39 Å². The van der Waals surface area contributed by atoms with E-state index >= 15 is 0 Å². The summed E-state index contributed by atoms with van der Waals surface area (Å²) in [6, 6.07) is 7.72. The van der Waals surface area contributed by atoms with Gasteiger partial charge in [0.2, 0.25) is 0 Å². The molecule has 1 aromatic heterocycles. The van der Waals surface area contributed by atoms with Crippen molar-refractivity contribution in [3.63, 3.8) is 0 Å². The van der Waals surface area contributed by atoms with Crippen molar-refractivity contribution in [3.8, 4) is 0 Å². The van der Waals surface area contributed by atoms with Gasteiger partial charge in [0.05, 0.1) is 0 Å². The van der Waals surface area contributed by atoms with E-state index in [0.717, 1.165) is 36.9 Å². The van der Waals surface area contributed by atoms with Crippen LogP contribution >= 0.6 is 11.3 Å². The second-order valence-electron chi connectivity index (χ2n) is 5.24. The number of hydrogen-bond donors (Lipinski definition) is 1. The molecular formula is C17H22FNS. The van der Waals surface area contributed by atoms with Crippen molar-refractivity contribution in [1.29, 1.82) is 0 Å². The Morgan fingerprint density at radius 2 is 2.15 bits per heavy atom.